The van der Waals surface area contributed by atoms with Gasteiger partial charge in [-0.1, -0.05) is 48.0 Å². The second-order valence-electron chi connectivity index (χ2n) is 7.51. The lowest BCUT2D eigenvalue weighted by Gasteiger charge is -2.35. The molecular formula is C25H22ClFN2O3. The van der Waals surface area contributed by atoms with Crippen molar-refractivity contribution in [2.45, 2.75) is 6.61 Å². The molecule has 4 rings (SSSR count). The molecule has 0 radical (unpaired) electrons. The second kappa shape index (κ2) is 9.83. The number of nitrogens with zero attached hydrogens (tertiary/aromatic N) is 2. The molecular weight excluding hydrogens is 431 g/mol. The van der Waals surface area contributed by atoms with Gasteiger partial charge in [0.05, 0.1) is 10.6 Å². The first-order valence-corrected chi connectivity index (χ1v) is 10.7. The molecule has 1 heterocycles. The first kappa shape index (κ1) is 21.8. The fourth-order valence-corrected chi connectivity index (χ4v) is 3.84. The summed E-state index contributed by atoms with van der Waals surface area (Å²) in [6, 6.07) is 20.7. The molecule has 0 unspecified atom stereocenters. The number of halogens is 2. The van der Waals surface area contributed by atoms with Gasteiger partial charge in [-0.15, -0.1) is 0 Å². The molecule has 0 saturated carbocycles. The summed E-state index contributed by atoms with van der Waals surface area (Å²) in [5.41, 5.74) is 1.85. The van der Waals surface area contributed by atoms with Crippen LogP contribution in [0.15, 0.2) is 72.8 Å². The van der Waals surface area contributed by atoms with Crippen LogP contribution < -0.4 is 4.74 Å². The van der Waals surface area contributed by atoms with Crippen LogP contribution in [0.5, 0.6) is 5.75 Å². The van der Waals surface area contributed by atoms with E-state index in [9.17, 15) is 14.0 Å². The molecule has 32 heavy (non-hydrogen) atoms. The molecule has 0 bridgehead atoms. The monoisotopic (exact) mass is 452 g/mol. The van der Waals surface area contributed by atoms with Crippen molar-refractivity contribution in [1.29, 1.82) is 0 Å². The van der Waals surface area contributed by atoms with E-state index < -0.39 is 5.82 Å². The Kier molecular flexibility index (Phi) is 6.71. The average Bonchev–Trinajstić information content (AvgIpc) is 2.83. The number of ether oxygens (including phenoxy) is 1. The van der Waals surface area contributed by atoms with Gasteiger partial charge >= 0.3 is 0 Å². The van der Waals surface area contributed by atoms with Crippen molar-refractivity contribution < 1.29 is 18.7 Å². The third-order valence-electron chi connectivity index (χ3n) is 5.34. The van der Waals surface area contributed by atoms with E-state index in [1.165, 1.54) is 12.1 Å². The molecule has 3 aromatic rings. The molecule has 2 amide bonds. The predicted molar refractivity (Wildman–Crippen MR) is 120 cm³/mol. The summed E-state index contributed by atoms with van der Waals surface area (Å²) in [6.07, 6.45) is 0. The largest absolute Gasteiger partial charge is 0.489 e. The van der Waals surface area contributed by atoms with Crippen LogP contribution >= 0.6 is 11.6 Å². The normalized spacial score (nSPS) is 13.7. The third kappa shape index (κ3) is 5.08. The summed E-state index contributed by atoms with van der Waals surface area (Å²) >= 11 is 6.02. The van der Waals surface area contributed by atoms with Crippen LogP contribution in [0.1, 0.15) is 26.3 Å². The minimum Gasteiger partial charge on any atom is -0.489 e. The van der Waals surface area contributed by atoms with Crippen LogP contribution in [0, 0.1) is 5.82 Å². The molecule has 1 fully saturated rings. The zero-order valence-corrected chi connectivity index (χ0v) is 18.1. The van der Waals surface area contributed by atoms with E-state index in [0.29, 0.717) is 44.1 Å². The Bertz CT molecular complexity index is 1120. The number of carbonyl (C=O) groups excluding carboxylic acids is 2. The zero-order chi connectivity index (χ0) is 22.5. The molecule has 164 valence electrons. The van der Waals surface area contributed by atoms with Crippen LogP contribution in [0.3, 0.4) is 0 Å². The lowest BCUT2D eigenvalue weighted by atomic mass is 10.1. The first-order valence-electron chi connectivity index (χ1n) is 10.3. The second-order valence-corrected chi connectivity index (χ2v) is 7.92. The molecule has 0 aliphatic carbocycles. The highest BCUT2D eigenvalue weighted by Gasteiger charge is 2.26. The molecule has 0 N–H and O–H groups in total. The molecule has 0 spiro atoms. The van der Waals surface area contributed by atoms with Gasteiger partial charge in [-0.2, -0.15) is 0 Å². The van der Waals surface area contributed by atoms with Gasteiger partial charge in [-0.3, -0.25) is 9.59 Å². The minimum atomic E-state index is -0.489. The van der Waals surface area contributed by atoms with Crippen LogP contribution in [0.4, 0.5) is 4.39 Å². The van der Waals surface area contributed by atoms with Gasteiger partial charge in [0.1, 0.15) is 18.2 Å². The number of hydrogen-bond donors (Lipinski definition) is 0. The van der Waals surface area contributed by atoms with E-state index in [0.717, 1.165) is 11.6 Å². The van der Waals surface area contributed by atoms with E-state index in [1.54, 1.807) is 28.0 Å². The van der Waals surface area contributed by atoms with Gasteiger partial charge < -0.3 is 14.5 Å². The predicted octanol–water partition coefficient (Wildman–Crippen LogP) is 4.66. The third-order valence-corrected chi connectivity index (χ3v) is 5.66. The van der Waals surface area contributed by atoms with Gasteiger partial charge in [-0.25, -0.2) is 4.39 Å². The zero-order valence-electron chi connectivity index (χ0n) is 17.3. The van der Waals surface area contributed by atoms with Crippen molar-refractivity contribution >= 4 is 23.4 Å². The van der Waals surface area contributed by atoms with Crippen molar-refractivity contribution in [3.63, 3.8) is 0 Å². The summed E-state index contributed by atoms with van der Waals surface area (Å²) in [5, 5.41) is 0.0841. The molecule has 0 aromatic heterocycles. The van der Waals surface area contributed by atoms with Crippen molar-refractivity contribution in [3.05, 3.63) is 100 Å². The van der Waals surface area contributed by atoms with E-state index >= 15 is 0 Å². The fourth-order valence-electron chi connectivity index (χ4n) is 3.59. The van der Waals surface area contributed by atoms with E-state index in [2.05, 4.69) is 0 Å². The number of carbonyl (C=O) groups is 2. The van der Waals surface area contributed by atoms with Crippen molar-refractivity contribution in [1.82, 2.24) is 9.80 Å². The van der Waals surface area contributed by atoms with Crippen molar-refractivity contribution in [2.24, 2.45) is 0 Å². The highest BCUT2D eigenvalue weighted by atomic mass is 35.5. The quantitative estimate of drug-likeness (QED) is 0.566. The number of hydrogen-bond acceptors (Lipinski definition) is 3. The average molecular weight is 453 g/mol. The van der Waals surface area contributed by atoms with E-state index in [4.69, 9.17) is 16.3 Å². The Morgan fingerprint density at radius 3 is 2.22 bits per heavy atom. The Labute approximate surface area is 191 Å². The smallest absolute Gasteiger partial charge is 0.255 e. The Morgan fingerprint density at radius 1 is 0.844 bits per heavy atom. The Balaban J connectivity index is 1.35. The van der Waals surface area contributed by atoms with Gasteiger partial charge in [0.25, 0.3) is 11.8 Å². The van der Waals surface area contributed by atoms with Gasteiger partial charge in [-0.05, 0) is 42.0 Å². The summed E-state index contributed by atoms with van der Waals surface area (Å²) in [7, 11) is 0. The van der Waals surface area contributed by atoms with E-state index in [-0.39, 0.29) is 22.4 Å². The molecule has 5 nitrogen and oxygen atoms in total. The number of piperazine rings is 1. The number of benzene rings is 3. The maximum Gasteiger partial charge on any atom is 0.255 e. The minimum absolute atomic E-state index is 0.0841. The summed E-state index contributed by atoms with van der Waals surface area (Å²) < 4.78 is 19.1. The maximum absolute atomic E-state index is 13.3. The standard InChI is InChI=1S/C25H22ClFN2O3/c26-23-16-20(27)9-10-22(23)25(31)29-13-11-28(12-14-29)24(30)19-7-4-8-21(15-19)32-17-18-5-2-1-3-6-18/h1-10,15-16H,11-14,17H2. The van der Waals surface area contributed by atoms with Gasteiger partial charge in [0.2, 0.25) is 0 Å². The highest BCUT2D eigenvalue weighted by Crippen LogP contribution is 2.21. The number of amides is 2. The molecule has 1 saturated heterocycles. The van der Waals surface area contributed by atoms with Crippen molar-refractivity contribution in [2.75, 3.05) is 26.2 Å². The van der Waals surface area contributed by atoms with Crippen LogP contribution in [-0.4, -0.2) is 47.8 Å². The Hall–Kier alpha value is -3.38. The Morgan fingerprint density at radius 2 is 1.53 bits per heavy atom. The van der Waals surface area contributed by atoms with Gasteiger partial charge in [0.15, 0.2) is 0 Å². The SMILES string of the molecule is O=C(c1cccc(OCc2ccccc2)c1)N1CCN(C(=O)c2ccc(F)cc2Cl)CC1. The molecule has 0 atom stereocenters. The molecule has 7 heteroatoms. The summed E-state index contributed by atoms with van der Waals surface area (Å²) in [6.45, 7) is 1.98. The highest BCUT2D eigenvalue weighted by molar-refractivity contribution is 6.33. The molecule has 3 aromatic carbocycles. The topological polar surface area (TPSA) is 49.9 Å². The molecule has 1 aliphatic rings. The lowest BCUT2D eigenvalue weighted by molar-refractivity contribution is 0.0535. The first-order chi connectivity index (χ1) is 15.5. The lowest BCUT2D eigenvalue weighted by Crippen LogP contribution is -2.50. The van der Waals surface area contributed by atoms with Crippen LogP contribution in [-0.2, 0) is 6.61 Å². The van der Waals surface area contributed by atoms with Crippen molar-refractivity contribution in [3.8, 4) is 5.75 Å². The van der Waals surface area contributed by atoms with Gasteiger partial charge in [0, 0.05) is 31.7 Å². The maximum atomic E-state index is 13.3. The molecule has 1 aliphatic heterocycles. The van der Waals surface area contributed by atoms with Crippen LogP contribution in [0.25, 0.3) is 0 Å². The summed E-state index contributed by atoms with van der Waals surface area (Å²) in [4.78, 5) is 29.0. The van der Waals surface area contributed by atoms with Crippen LogP contribution in [0.2, 0.25) is 5.02 Å². The fraction of sp³-hybridized carbons (Fsp3) is 0.200. The summed E-state index contributed by atoms with van der Waals surface area (Å²) in [5.74, 6) is -0.239. The van der Waals surface area contributed by atoms with E-state index in [1.807, 2.05) is 36.4 Å². The number of rotatable bonds is 5.